The Bertz CT molecular complexity index is 703. The summed E-state index contributed by atoms with van der Waals surface area (Å²) in [5.41, 5.74) is 3.74. The molecule has 2 aromatic rings. The fourth-order valence-corrected chi connectivity index (χ4v) is 4.14. The Balaban J connectivity index is 1.81. The van der Waals surface area contributed by atoms with E-state index in [1.165, 1.54) is 23.5 Å². The molecular weight excluding hydrogens is 337 g/mol. The average molecular weight is 369 g/mol. The first-order chi connectivity index (χ1) is 12.5. The molecule has 0 bridgehead atoms. The van der Waals surface area contributed by atoms with E-state index in [9.17, 15) is 0 Å². The van der Waals surface area contributed by atoms with Crippen LogP contribution in [0.4, 0.5) is 0 Å². The fraction of sp³-hybridized carbons (Fsp3) is 0.550. The topological polar surface area (TPSA) is 39.1 Å². The zero-order valence-electron chi connectivity index (χ0n) is 16.7. The Morgan fingerprint density at radius 2 is 2.04 bits per heavy atom. The van der Waals surface area contributed by atoms with E-state index < -0.39 is 8.07 Å². The van der Waals surface area contributed by atoms with E-state index in [2.05, 4.69) is 60.6 Å². The van der Waals surface area contributed by atoms with E-state index in [4.69, 9.17) is 9.72 Å². The van der Waals surface area contributed by atoms with Gasteiger partial charge in [-0.15, -0.1) is 0 Å². The molecular formula is C20H32BN3OSi. The van der Waals surface area contributed by atoms with Crippen LogP contribution in [0.2, 0.25) is 32.5 Å². The summed E-state index contributed by atoms with van der Waals surface area (Å²) in [5, 5.41) is 3.58. The third-order valence-corrected chi connectivity index (χ3v) is 6.84. The first-order valence-electron chi connectivity index (χ1n) is 9.94. The Kier molecular flexibility index (Phi) is 6.38. The molecule has 0 spiro atoms. The number of hydrogen-bond donors (Lipinski definition) is 1. The molecule has 0 amide bonds. The summed E-state index contributed by atoms with van der Waals surface area (Å²) in [5.74, 6) is 1.12. The maximum Gasteiger partial charge on any atom is 0.154 e. The van der Waals surface area contributed by atoms with Crippen LogP contribution in [0.1, 0.15) is 24.7 Å². The maximum absolute atomic E-state index is 6.09. The molecule has 0 saturated carbocycles. The second-order valence-electron chi connectivity index (χ2n) is 8.48. The predicted octanol–water partition coefficient (Wildman–Crippen LogP) is 3.40. The smallest absolute Gasteiger partial charge is 0.154 e. The zero-order valence-corrected chi connectivity index (χ0v) is 17.7. The Morgan fingerprint density at radius 3 is 2.65 bits per heavy atom. The van der Waals surface area contributed by atoms with Crippen molar-refractivity contribution in [1.82, 2.24) is 14.9 Å². The molecule has 2 heterocycles. The number of nitrogens with zero attached hydrogens (tertiary/aromatic N) is 2. The highest BCUT2D eigenvalue weighted by Gasteiger charge is 2.23. The van der Waals surface area contributed by atoms with Gasteiger partial charge >= 0.3 is 0 Å². The van der Waals surface area contributed by atoms with Crippen LogP contribution in [-0.4, -0.2) is 38.1 Å². The highest BCUT2D eigenvalue weighted by atomic mass is 28.3. The van der Waals surface area contributed by atoms with Crippen LogP contribution < -0.4 is 10.8 Å². The fourth-order valence-electron chi connectivity index (χ4n) is 3.38. The van der Waals surface area contributed by atoms with Crippen LogP contribution in [-0.2, 0) is 11.5 Å². The van der Waals surface area contributed by atoms with Gasteiger partial charge in [0.05, 0.1) is 17.9 Å². The van der Waals surface area contributed by atoms with Gasteiger partial charge in [-0.05, 0) is 31.0 Å². The summed E-state index contributed by atoms with van der Waals surface area (Å²) in [6, 6.07) is 10.4. The van der Waals surface area contributed by atoms with Crippen molar-refractivity contribution in [3.05, 3.63) is 36.3 Å². The van der Waals surface area contributed by atoms with Crippen LogP contribution in [0, 0.1) is 0 Å². The normalized spacial score (nSPS) is 17.6. The number of imidazole rings is 1. The van der Waals surface area contributed by atoms with Crippen molar-refractivity contribution >= 4 is 20.8 Å². The minimum atomic E-state index is -1.07. The van der Waals surface area contributed by atoms with Gasteiger partial charge in [-0.1, -0.05) is 56.2 Å². The van der Waals surface area contributed by atoms with Gasteiger partial charge < -0.3 is 14.6 Å². The lowest BCUT2D eigenvalue weighted by Crippen LogP contribution is -2.23. The molecule has 4 nitrogen and oxygen atoms in total. The van der Waals surface area contributed by atoms with Gasteiger partial charge in [0.25, 0.3) is 0 Å². The summed E-state index contributed by atoms with van der Waals surface area (Å²) < 4.78 is 8.36. The Labute approximate surface area is 159 Å². The van der Waals surface area contributed by atoms with Crippen molar-refractivity contribution in [3.8, 4) is 11.3 Å². The third kappa shape index (κ3) is 4.87. The maximum atomic E-state index is 6.09. The molecule has 1 aliphatic rings. The lowest BCUT2D eigenvalue weighted by molar-refractivity contribution is 0.0851. The van der Waals surface area contributed by atoms with E-state index in [1.807, 2.05) is 6.20 Å². The third-order valence-electron chi connectivity index (χ3n) is 5.13. The Hall–Kier alpha value is -1.37. The van der Waals surface area contributed by atoms with E-state index >= 15 is 0 Å². The van der Waals surface area contributed by atoms with Crippen molar-refractivity contribution in [2.45, 2.75) is 58.1 Å². The second-order valence-corrected chi connectivity index (χ2v) is 14.1. The first kappa shape index (κ1) is 19.4. The molecule has 1 saturated heterocycles. The molecule has 1 atom stereocenters. The van der Waals surface area contributed by atoms with Gasteiger partial charge in [0.2, 0.25) is 0 Å². The predicted molar refractivity (Wildman–Crippen MR) is 114 cm³/mol. The van der Waals surface area contributed by atoms with Gasteiger partial charge in [0.15, 0.2) is 7.28 Å². The number of aromatic nitrogens is 2. The molecule has 1 fully saturated rings. The van der Waals surface area contributed by atoms with Gasteiger partial charge in [-0.2, -0.15) is 0 Å². The van der Waals surface area contributed by atoms with Gasteiger partial charge in [0, 0.05) is 14.7 Å². The van der Waals surface area contributed by atoms with Gasteiger partial charge in [-0.3, -0.25) is 0 Å². The molecule has 1 N–H and O–H groups in total. The standard InChI is InChI=1S/C20H32BN3OSi/c1-21-17-9-7-16(8-10-17)19-14-23-20(18-6-5-11-22-18)24(19)15-25-12-13-26(2,3)4/h7-10,14,18,21-22H,5-6,11-13,15H2,1-4H3/t18-/m0/s1. The van der Waals surface area contributed by atoms with Crippen LogP contribution in [0.15, 0.2) is 30.5 Å². The number of hydrogen-bond acceptors (Lipinski definition) is 3. The van der Waals surface area contributed by atoms with Crippen LogP contribution in [0.3, 0.4) is 0 Å². The molecule has 1 aromatic carbocycles. The summed E-state index contributed by atoms with van der Waals surface area (Å²) in [4.78, 5) is 4.77. The molecule has 1 aromatic heterocycles. The van der Waals surface area contributed by atoms with E-state index in [0.29, 0.717) is 12.8 Å². The van der Waals surface area contributed by atoms with Gasteiger partial charge in [0.1, 0.15) is 12.6 Å². The van der Waals surface area contributed by atoms with Crippen molar-refractivity contribution in [3.63, 3.8) is 0 Å². The van der Waals surface area contributed by atoms with E-state index in [1.54, 1.807) is 0 Å². The monoisotopic (exact) mass is 369 g/mol. The largest absolute Gasteiger partial charge is 0.361 e. The molecule has 1 aliphatic heterocycles. The molecule has 26 heavy (non-hydrogen) atoms. The van der Waals surface area contributed by atoms with Crippen LogP contribution >= 0.6 is 0 Å². The number of benzene rings is 1. The number of nitrogens with one attached hydrogen (secondary N) is 1. The second kappa shape index (κ2) is 8.55. The molecule has 3 rings (SSSR count). The SMILES string of the molecule is CBc1ccc(-c2cnc([C@@H]3CCCN3)n2COCC[Si](C)(C)C)cc1. The van der Waals surface area contributed by atoms with Gasteiger partial charge in [-0.25, -0.2) is 4.98 Å². The highest BCUT2D eigenvalue weighted by molar-refractivity contribution is 6.76. The van der Waals surface area contributed by atoms with E-state index in [0.717, 1.165) is 38.4 Å². The van der Waals surface area contributed by atoms with Crippen molar-refractivity contribution in [1.29, 1.82) is 0 Å². The van der Waals surface area contributed by atoms with Crippen molar-refractivity contribution < 1.29 is 4.74 Å². The lowest BCUT2D eigenvalue weighted by Gasteiger charge is -2.19. The number of ether oxygens (including phenoxy) is 1. The summed E-state index contributed by atoms with van der Waals surface area (Å²) in [6.07, 6.45) is 4.38. The molecule has 6 heteroatoms. The highest BCUT2D eigenvalue weighted by Crippen LogP contribution is 2.27. The average Bonchev–Trinajstić information content (AvgIpc) is 3.27. The summed E-state index contributed by atoms with van der Waals surface area (Å²) >= 11 is 0. The summed E-state index contributed by atoms with van der Waals surface area (Å²) in [6.45, 7) is 11.9. The number of rotatable bonds is 8. The van der Waals surface area contributed by atoms with Crippen LogP contribution in [0.25, 0.3) is 11.3 Å². The molecule has 0 radical (unpaired) electrons. The lowest BCUT2D eigenvalue weighted by atomic mass is 9.73. The molecule has 140 valence electrons. The minimum Gasteiger partial charge on any atom is -0.361 e. The first-order valence-corrected chi connectivity index (χ1v) is 13.6. The van der Waals surface area contributed by atoms with Crippen LogP contribution in [0.5, 0.6) is 0 Å². The minimum absolute atomic E-state index is 0.347. The molecule has 0 aliphatic carbocycles. The zero-order chi connectivity index (χ0) is 18.6. The summed E-state index contributed by atoms with van der Waals surface area (Å²) in [7, 11) is -0.00272. The van der Waals surface area contributed by atoms with E-state index in [-0.39, 0.29) is 0 Å². The molecule has 0 unspecified atom stereocenters. The van der Waals surface area contributed by atoms with Crippen molar-refractivity contribution in [2.75, 3.05) is 13.2 Å². The van der Waals surface area contributed by atoms with Crippen molar-refractivity contribution in [2.24, 2.45) is 0 Å². The quantitative estimate of drug-likeness (QED) is 0.573. The Morgan fingerprint density at radius 1 is 1.27 bits per heavy atom.